The van der Waals surface area contributed by atoms with Gasteiger partial charge in [-0.05, 0) is 38.0 Å². The van der Waals surface area contributed by atoms with Crippen LogP contribution in [0, 0.1) is 5.82 Å². The van der Waals surface area contributed by atoms with E-state index in [2.05, 4.69) is 0 Å². The highest BCUT2D eigenvalue weighted by Gasteiger charge is 2.28. The summed E-state index contributed by atoms with van der Waals surface area (Å²) in [6.07, 6.45) is 1.09. The highest BCUT2D eigenvalue weighted by molar-refractivity contribution is 7.89. The molecule has 0 bridgehead atoms. The van der Waals surface area contributed by atoms with Gasteiger partial charge in [-0.2, -0.15) is 0 Å². The van der Waals surface area contributed by atoms with Crippen LogP contribution >= 0.6 is 0 Å². The SMILES string of the molecule is CC1(O)CCN(c2ccc(S(N)(=O)=O)cc2F)CC1. The van der Waals surface area contributed by atoms with Gasteiger partial charge in [-0.15, -0.1) is 0 Å². The zero-order valence-electron chi connectivity index (χ0n) is 10.6. The Morgan fingerprint density at radius 3 is 2.42 bits per heavy atom. The zero-order chi connectivity index (χ0) is 14.3. The van der Waals surface area contributed by atoms with E-state index >= 15 is 0 Å². The summed E-state index contributed by atoms with van der Waals surface area (Å²) in [7, 11) is -3.89. The van der Waals surface area contributed by atoms with Crippen LogP contribution in [0.5, 0.6) is 0 Å². The molecule has 19 heavy (non-hydrogen) atoms. The monoisotopic (exact) mass is 288 g/mol. The number of benzene rings is 1. The van der Waals surface area contributed by atoms with E-state index in [1.165, 1.54) is 12.1 Å². The number of rotatable bonds is 2. The summed E-state index contributed by atoms with van der Waals surface area (Å²) in [5.74, 6) is -0.618. The molecule has 0 atom stereocenters. The normalized spacial score (nSPS) is 19.5. The number of nitrogens with zero attached hydrogens (tertiary/aromatic N) is 1. The van der Waals surface area contributed by atoms with Crippen molar-refractivity contribution in [2.45, 2.75) is 30.3 Å². The first kappa shape index (κ1) is 14.2. The first-order valence-electron chi connectivity index (χ1n) is 5.99. The number of aliphatic hydroxyl groups is 1. The van der Waals surface area contributed by atoms with Crippen molar-refractivity contribution in [3.8, 4) is 0 Å². The van der Waals surface area contributed by atoms with Crippen molar-refractivity contribution in [2.75, 3.05) is 18.0 Å². The summed E-state index contributed by atoms with van der Waals surface area (Å²) in [6, 6.07) is 3.63. The van der Waals surface area contributed by atoms with Gasteiger partial charge < -0.3 is 10.0 Å². The maximum atomic E-state index is 13.9. The van der Waals surface area contributed by atoms with Gasteiger partial charge >= 0.3 is 0 Å². The zero-order valence-corrected chi connectivity index (χ0v) is 11.5. The summed E-state index contributed by atoms with van der Waals surface area (Å²) in [6.45, 7) is 2.81. The molecule has 3 N–H and O–H groups in total. The molecule has 0 saturated carbocycles. The number of hydrogen-bond acceptors (Lipinski definition) is 4. The third kappa shape index (κ3) is 3.23. The van der Waals surface area contributed by atoms with E-state index in [0.717, 1.165) is 6.07 Å². The average molecular weight is 288 g/mol. The predicted molar refractivity (Wildman–Crippen MR) is 69.8 cm³/mol. The molecule has 106 valence electrons. The lowest BCUT2D eigenvalue weighted by Gasteiger charge is -2.37. The first-order chi connectivity index (χ1) is 8.69. The minimum absolute atomic E-state index is 0.238. The Bertz CT molecular complexity index is 577. The third-order valence-corrected chi connectivity index (χ3v) is 4.34. The summed E-state index contributed by atoms with van der Waals surface area (Å²) in [5.41, 5.74) is -0.379. The standard InChI is InChI=1S/C12H17FN2O3S/c1-12(16)4-6-15(7-5-12)11-3-2-9(8-10(11)13)19(14,17)18/h2-3,8,16H,4-7H2,1H3,(H2,14,17,18). The molecule has 1 aliphatic rings. The lowest BCUT2D eigenvalue weighted by Crippen LogP contribution is -2.42. The van der Waals surface area contributed by atoms with Crippen molar-refractivity contribution in [1.82, 2.24) is 0 Å². The van der Waals surface area contributed by atoms with Gasteiger partial charge in [0.25, 0.3) is 0 Å². The number of halogens is 1. The molecule has 1 aromatic carbocycles. The maximum Gasteiger partial charge on any atom is 0.238 e. The Labute approximate surface area is 111 Å². The molecule has 1 fully saturated rings. The lowest BCUT2D eigenvalue weighted by molar-refractivity contribution is 0.0350. The van der Waals surface area contributed by atoms with Gasteiger partial charge in [0, 0.05) is 13.1 Å². The van der Waals surface area contributed by atoms with Gasteiger partial charge in [-0.25, -0.2) is 17.9 Å². The van der Waals surface area contributed by atoms with Crippen LogP contribution in [0.2, 0.25) is 0 Å². The molecular formula is C12H17FN2O3S. The minimum atomic E-state index is -3.89. The second-order valence-corrected chi connectivity index (χ2v) is 6.70. The number of primary sulfonamides is 1. The van der Waals surface area contributed by atoms with E-state index < -0.39 is 21.4 Å². The van der Waals surface area contributed by atoms with Crippen LogP contribution in [0.1, 0.15) is 19.8 Å². The van der Waals surface area contributed by atoms with Crippen molar-refractivity contribution in [1.29, 1.82) is 0 Å². The van der Waals surface area contributed by atoms with Gasteiger partial charge in [-0.3, -0.25) is 0 Å². The fourth-order valence-corrected chi connectivity index (χ4v) is 2.68. The van der Waals surface area contributed by atoms with Crippen molar-refractivity contribution in [3.63, 3.8) is 0 Å². The molecule has 0 aliphatic carbocycles. The third-order valence-electron chi connectivity index (χ3n) is 3.43. The van der Waals surface area contributed by atoms with Crippen LogP contribution < -0.4 is 10.0 Å². The summed E-state index contributed by atoms with van der Waals surface area (Å²) >= 11 is 0. The number of sulfonamides is 1. The van der Waals surface area contributed by atoms with Crippen LogP contribution in [0.25, 0.3) is 0 Å². The van der Waals surface area contributed by atoms with Crippen molar-refractivity contribution < 1.29 is 17.9 Å². The second-order valence-electron chi connectivity index (χ2n) is 5.14. The summed E-state index contributed by atoms with van der Waals surface area (Å²) < 4.78 is 36.2. The van der Waals surface area contributed by atoms with E-state index in [4.69, 9.17) is 5.14 Å². The van der Waals surface area contributed by atoms with E-state index in [9.17, 15) is 17.9 Å². The Balaban J connectivity index is 2.23. The number of nitrogens with two attached hydrogens (primary N) is 1. The second kappa shape index (κ2) is 4.73. The first-order valence-corrected chi connectivity index (χ1v) is 7.53. The van der Waals surface area contributed by atoms with E-state index in [1.807, 2.05) is 0 Å². The summed E-state index contributed by atoms with van der Waals surface area (Å²) in [4.78, 5) is 1.55. The maximum absolute atomic E-state index is 13.9. The van der Waals surface area contributed by atoms with Gasteiger partial charge in [0.1, 0.15) is 5.82 Å². The molecule has 0 radical (unpaired) electrons. The molecule has 1 saturated heterocycles. The molecule has 1 heterocycles. The van der Waals surface area contributed by atoms with Crippen LogP contribution in [0.15, 0.2) is 23.1 Å². The van der Waals surface area contributed by atoms with Crippen LogP contribution in [-0.4, -0.2) is 32.2 Å². The quantitative estimate of drug-likeness (QED) is 0.844. The molecule has 1 aromatic rings. The molecule has 1 aliphatic heterocycles. The number of hydrogen-bond donors (Lipinski definition) is 2. The van der Waals surface area contributed by atoms with Gasteiger partial charge in [0.15, 0.2) is 0 Å². The van der Waals surface area contributed by atoms with Crippen molar-refractivity contribution in [3.05, 3.63) is 24.0 Å². The summed E-state index contributed by atoms with van der Waals surface area (Å²) in [5, 5.41) is 14.8. The van der Waals surface area contributed by atoms with Crippen LogP contribution in [0.3, 0.4) is 0 Å². The van der Waals surface area contributed by atoms with Crippen LogP contribution in [0.4, 0.5) is 10.1 Å². The van der Waals surface area contributed by atoms with Gasteiger partial charge in [-0.1, -0.05) is 0 Å². The van der Waals surface area contributed by atoms with Gasteiger partial charge in [0.2, 0.25) is 10.0 Å². The fraction of sp³-hybridized carbons (Fsp3) is 0.500. The van der Waals surface area contributed by atoms with Gasteiger partial charge in [0.05, 0.1) is 16.2 Å². The molecule has 7 heteroatoms. The molecule has 0 amide bonds. The molecule has 2 rings (SSSR count). The largest absolute Gasteiger partial charge is 0.390 e. The number of piperidine rings is 1. The topological polar surface area (TPSA) is 83.6 Å². The molecule has 0 spiro atoms. The van der Waals surface area contributed by atoms with Crippen LogP contribution in [-0.2, 0) is 10.0 Å². The van der Waals surface area contributed by atoms with E-state index in [-0.39, 0.29) is 4.90 Å². The Kier molecular flexibility index (Phi) is 3.55. The van der Waals surface area contributed by atoms with Crippen molar-refractivity contribution in [2.24, 2.45) is 5.14 Å². The molecule has 0 unspecified atom stereocenters. The van der Waals surface area contributed by atoms with E-state index in [1.54, 1.807) is 11.8 Å². The van der Waals surface area contributed by atoms with Crippen molar-refractivity contribution >= 4 is 15.7 Å². The Morgan fingerprint density at radius 1 is 1.37 bits per heavy atom. The molecule has 5 nitrogen and oxygen atoms in total. The van der Waals surface area contributed by atoms with E-state index in [0.29, 0.717) is 31.6 Å². The predicted octanol–water partition coefficient (Wildman–Crippen LogP) is 0.824. The number of anilines is 1. The Morgan fingerprint density at radius 2 is 1.95 bits per heavy atom. The fourth-order valence-electron chi connectivity index (χ4n) is 2.15. The minimum Gasteiger partial charge on any atom is -0.390 e. The highest BCUT2D eigenvalue weighted by atomic mass is 32.2. The average Bonchev–Trinajstić information content (AvgIpc) is 2.28. The lowest BCUT2D eigenvalue weighted by atomic mass is 9.93. The molecule has 0 aromatic heterocycles. The Hall–Kier alpha value is -1.18. The highest BCUT2D eigenvalue weighted by Crippen LogP contribution is 2.28. The molecular weight excluding hydrogens is 271 g/mol. The smallest absolute Gasteiger partial charge is 0.238 e.